The van der Waals surface area contributed by atoms with Crippen molar-refractivity contribution in [2.24, 2.45) is 4.99 Å². The fourth-order valence-corrected chi connectivity index (χ4v) is 3.59. The number of hydrogen-bond donors (Lipinski definition) is 2. The SMILES string of the molecule is CN=C(NCCc1ccc(F)cc1Cl)NC1CCc2cn(C(C)C)nc2C1.I. The molecule has 154 valence electrons. The monoisotopic (exact) mass is 519 g/mol. The molecule has 1 heterocycles. The topological polar surface area (TPSA) is 54.2 Å². The number of hydrogen-bond acceptors (Lipinski definition) is 2. The standard InChI is InChI=1S/C20H27ClFN5.HI/c1-13(2)27-12-15-5-7-17(11-19(15)26-27)25-20(23-3)24-9-8-14-4-6-16(22)10-18(14)21;/h4,6,10,12-13,17H,5,7-9,11H2,1-3H3,(H2,23,24,25);1H. The van der Waals surface area contributed by atoms with Gasteiger partial charge in [-0.3, -0.25) is 9.67 Å². The lowest BCUT2D eigenvalue weighted by molar-refractivity contribution is 0.499. The van der Waals surface area contributed by atoms with E-state index in [-0.39, 0.29) is 29.8 Å². The molecule has 1 aromatic carbocycles. The van der Waals surface area contributed by atoms with E-state index >= 15 is 0 Å². The molecule has 1 unspecified atom stereocenters. The minimum atomic E-state index is -0.314. The van der Waals surface area contributed by atoms with Gasteiger partial charge in [0.1, 0.15) is 5.82 Å². The van der Waals surface area contributed by atoms with Gasteiger partial charge in [-0.05, 0) is 56.4 Å². The van der Waals surface area contributed by atoms with Gasteiger partial charge in [0.2, 0.25) is 0 Å². The highest BCUT2D eigenvalue weighted by Gasteiger charge is 2.22. The third-order valence-electron chi connectivity index (χ3n) is 4.89. The molecule has 2 aromatic rings. The van der Waals surface area contributed by atoms with Gasteiger partial charge in [0.15, 0.2) is 5.96 Å². The van der Waals surface area contributed by atoms with Crippen LogP contribution in [0.2, 0.25) is 5.02 Å². The molecule has 0 saturated carbocycles. The molecule has 0 saturated heterocycles. The van der Waals surface area contributed by atoms with Crippen LogP contribution in [-0.2, 0) is 19.3 Å². The van der Waals surface area contributed by atoms with E-state index in [1.807, 2.05) is 4.68 Å². The van der Waals surface area contributed by atoms with Crippen LogP contribution in [0, 0.1) is 5.82 Å². The highest BCUT2D eigenvalue weighted by atomic mass is 127. The maximum atomic E-state index is 13.1. The minimum absolute atomic E-state index is 0. The maximum absolute atomic E-state index is 13.1. The van der Waals surface area contributed by atoms with Gasteiger partial charge < -0.3 is 10.6 Å². The first-order chi connectivity index (χ1) is 13.0. The van der Waals surface area contributed by atoms with Crippen LogP contribution in [0.5, 0.6) is 0 Å². The lowest BCUT2D eigenvalue weighted by Crippen LogP contribution is -2.46. The van der Waals surface area contributed by atoms with Crippen LogP contribution in [0.1, 0.15) is 43.1 Å². The van der Waals surface area contributed by atoms with E-state index in [1.54, 1.807) is 13.1 Å². The highest BCUT2D eigenvalue weighted by Crippen LogP contribution is 2.22. The van der Waals surface area contributed by atoms with E-state index in [4.69, 9.17) is 16.7 Å². The van der Waals surface area contributed by atoms with Gasteiger partial charge in [-0.15, -0.1) is 24.0 Å². The molecule has 0 amide bonds. The Hall–Kier alpha value is -1.35. The number of guanidine groups is 1. The van der Waals surface area contributed by atoms with Gasteiger partial charge in [-0.25, -0.2) is 4.39 Å². The number of benzene rings is 1. The van der Waals surface area contributed by atoms with E-state index in [9.17, 15) is 4.39 Å². The van der Waals surface area contributed by atoms with Crippen LogP contribution < -0.4 is 10.6 Å². The van der Waals surface area contributed by atoms with Gasteiger partial charge in [0, 0.05) is 43.3 Å². The molecular weight excluding hydrogens is 492 g/mol. The molecule has 28 heavy (non-hydrogen) atoms. The van der Waals surface area contributed by atoms with Crippen molar-refractivity contribution in [3.05, 3.63) is 52.1 Å². The van der Waals surface area contributed by atoms with Crippen molar-refractivity contribution in [2.45, 2.75) is 51.6 Å². The Morgan fingerprint density at radius 3 is 2.89 bits per heavy atom. The van der Waals surface area contributed by atoms with Crippen LogP contribution in [0.25, 0.3) is 0 Å². The van der Waals surface area contributed by atoms with Crippen molar-refractivity contribution in [3.63, 3.8) is 0 Å². The Bertz CT molecular complexity index is 821. The normalized spacial score (nSPS) is 16.5. The van der Waals surface area contributed by atoms with Crippen LogP contribution in [-0.4, -0.2) is 35.4 Å². The van der Waals surface area contributed by atoms with Gasteiger partial charge >= 0.3 is 0 Å². The fraction of sp³-hybridized carbons (Fsp3) is 0.500. The zero-order valence-electron chi connectivity index (χ0n) is 16.5. The van der Waals surface area contributed by atoms with Gasteiger partial charge in [-0.2, -0.15) is 5.10 Å². The Balaban J connectivity index is 0.00000280. The lowest BCUT2D eigenvalue weighted by atomic mass is 9.94. The van der Waals surface area contributed by atoms with Crippen molar-refractivity contribution >= 4 is 41.5 Å². The first kappa shape index (κ1) is 22.9. The molecule has 0 aliphatic heterocycles. The molecule has 1 aliphatic carbocycles. The minimum Gasteiger partial charge on any atom is -0.356 e. The van der Waals surface area contributed by atoms with E-state index in [0.717, 1.165) is 30.8 Å². The van der Waals surface area contributed by atoms with Crippen molar-refractivity contribution < 1.29 is 4.39 Å². The molecule has 0 fully saturated rings. The predicted molar refractivity (Wildman–Crippen MR) is 123 cm³/mol. The zero-order valence-corrected chi connectivity index (χ0v) is 19.6. The van der Waals surface area contributed by atoms with E-state index in [0.29, 0.717) is 30.1 Å². The van der Waals surface area contributed by atoms with E-state index in [1.165, 1.54) is 23.4 Å². The number of nitrogens with one attached hydrogen (secondary N) is 2. The summed E-state index contributed by atoms with van der Waals surface area (Å²) < 4.78 is 15.2. The molecule has 0 radical (unpaired) electrons. The third kappa shape index (κ3) is 5.83. The summed E-state index contributed by atoms with van der Waals surface area (Å²) in [6, 6.07) is 5.20. The van der Waals surface area contributed by atoms with Gasteiger partial charge in [-0.1, -0.05) is 17.7 Å². The maximum Gasteiger partial charge on any atom is 0.191 e. The van der Waals surface area contributed by atoms with Crippen LogP contribution in [0.3, 0.4) is 0 Å². The van der Waals surface area contributed by atoms with Gasteiger partial charge in [0.05, 0.1) is 5.69 Å². The summed E-state index contributed by atoms with van der Waals surface area (Å²) in [6.45, 7) is 4.96. The van der Waals surface area contributed by atoms with Crippen molar-refractivity contribution in [2.75, 3.05) is 13.6 Å². The summed E-state index contributed by atoms with van der Waals surface area (Å²) in [5.41, 5.74) is 3.46. The second-order valence-electron chi connectivity index (χ2n) is 7.24. The average Bonchev–Trinajstić information content (AvgIpc) is 3.06. The summed E-state index contributed by atoms with van der Waals surface area (Å²) >= 11 is 6.08. The van der Waals surface area contributed by atoms with Crippen LogP contribution >= 0.6 is 35.6 Å². The number of aromatic nitrogens is 2. The number of aliphatic imine (C=N–C) groups is 1. The van der Waals surface area contributed by atoms with Crippen molar-refractivity contribution in [1.29, 1.82) is 0 Å². The number of aryl methyl sites for hydroxylation is 1. The zero-order chi connectivity index (χ0) is 19.4. The Morgan fingerprint density at radius 1 is 1.43 bits per heavy atom. The Kier molecular flexibility index (Phi) is 8.55. The molecule has 1 aliphatic rings. The Labute approximate surface area is 188 Å². The number of fused-ring (bicyclic) bond motifs is 1. The van der Waals surface area contributed by atoms with Crippen molar-refractivity contribution in [3.8, 4) is 0 Å². The smallest absolute Gasteiger partial charge is 0.191 e. The molecular formula is C20H28ClFIN5. The second kappa shape index (κ2) is 10.4. The summed E-state index contributed by atoms with van der Waals surface area (Å²) in [5.74, 6) is 0.454. The average molecular weight is 520 g/mol. The molecule has 8 heteroatoms. The summed E-state index contributed by atoms with van der Waals surface area (Å²) in [7, 11) is 1.77. The lowest BCUT2D eigenvalue weighted by Gasteiger charge is -2.24. The number of halogens is 3. The molecule has 5 nitrogen and oxygen atoms in total. The fourth-order valence-electron chi connectivity index (χ4n) is 3.33. The van der Waals surface area contributed by atoms with E-state index in [2.05, 4.69) is 35.7 Å². The van der Waals surface area contributed by atoms with Crippen LogP contribution in [0.4, 0.5) is 4.39 Å². The first-order valence-electron chi connectivity index (χ1n) is 9.44. The summed E-state index contributed by atoms with van der Waals surface area (Å²) in [5, 5.41) is 12.0. The molecule has 1 atom stereocenters. The predicted octanol–water partition coefficient (Wildman–Crippen LogP) is 4.14. The third-order valence-corrected chi connectivity index (χ3v) is 5.24. The molecule has 3 rings (SSSR count). The second-order valence-corrected chi connectivity index (χ2v) is 7.65. The molecule has 0 spiro atoms. The van der Waals surface area contributed by atoms with Gasteiger partial charge in [0.25, 0.3) is 0 Å². The van der Waals surface area contributed by atoms with Crippen molar-refractivity contribution in [1.82, 2.24) is 20.4 Å². The number of nitrogens with zero attached hydrogens (tertiary/aromatic N) is 3. The molecule has 2 N–H and O–H groups in total. The quantitative estimate of drug-likeness (QED) is 0.355. The number of rotatable bonds is 5. The largest absolute Gasteiger partial charge is 0.356 e. The molecule has 0 bridgehead atoms. The summed E-state index contributed by atoms with van der Waals surface area (Å²) in [4.78, 5) is 4.32. The Morgan fingerprint density at radius 2 is 2.21 bits per heavy atom. The van der Waals surface area contributed by atoms with E-state index < -0.39 is 0 Å². The summed E-state index contributed by atoms with van der Waals surface area (Å²) in [6.07, 6.45) is 5.87. The molecule has 1 aromatic heterocycles. The highest BCUT2D eigenvalue weighted by molar-refractivity contribution is 14.0. The first-order valence-corrected chi connectivity index (χ1v) is 9.82. The van der Waals surface area contributed by atoms with Crippen LogP contribution in [0.15, 0.2) is 29.4 Å².